The molecular formula is C25H26N4O3. The Morgan fingerprint density at radius 3 is 2.41 bits per heavy atom. The number of nitrogens with zero attached hydrogens (tertiary/aromatic N) is 4. The number of hydrogen-bond acceptors (Lipinski definition) is 6. The van der Waals surface area contributed by atoms with Gasteiger partial charge in [0.1, 0.15) is 11.8 Å². The molecule has 0 N–H and O–H groups in total. The fourth-order valence-electron chi connectivity index (χ4n) is 3.63. The zero-order valence-corrected chi connectivity index (χ0v) is 18.4. The van der Waals surface area contributed by atoms with Gasteiger partial charge in [-0.1, -0.05) is 24.6 Å². The number of rotatable bonds is 6. The highest BCUT2D eigenvalue weighted by Crippen LogP contribution is 2.30. The van der Waals surface area contributed by atoms with Gasteiger partial charge >= 0.3 is 0 Å². The predicted octanol–water partition coefficient (Wildman–Crippen LogP) is 4.27. The molecule has 1 aliphatic rings. The van der Waals surface area contributed by atoms with Crippen LogP contribution in [0.1, 0.15) is 35.0 Å². The molecule has 0 bridgehead atoms. The quantitative estimate of drug-likeness (QED) is 0.581. The third-order valence-corrected chi connectivity index (χ3v) is 5.44. The first kappa shape index (κ1) is 21.4. The van der Waals surface area contributed by atoms with Crippen LogP contribution in [0.4, 0.5) is 5.88 Å². The van der Waals surface area contributed by atoms with E-state index in [2.05, 4.69) is 18.0 Å². The molecule has 4 rings (SSSR count). The number of aryl methyl sites for hydroxylation is 1. The van der Waals surface area contributed by atoms with E-state index in [0.29, 0.717) is 50.1 Å². The van der Waals surface area contributed by atoms with Gasteiger partial charge in [0, 0.05) is 37.3 Å². The van der Waals surface area contributed by atoms with Gasteiger partial charge in [0.05, 0.1) is 6.61 Å². The summed E-state index contributed by atoms with van der Waals surface area (Å²) < 4.78 is 11.6. The SMILES string of the molecule is CCCOc1ccc(-c2nc(C#N)c(N3CCN(C(=O)c4ccc(C)cc4)CC3)o2)cc1. The molecule has 1 aliphatic heterocycles. The zero-order chi connectivity index (χ0) is 22.5. The Hall–Kier alpha value is -3.79. The Bertz CT molecular complexity index is 1110. The Labute approximate surface area is 187 Å². The lowest BCUT2D eigenvalue weighted by molar-refractivity contribution is 0.0745. The van der Waals surface area contributed by atoms with Crippen LogP contribution >= 0.6 is 0 Å². The third-order valence-electron chi connectivity index (χ3n) is 5.44. The van der Waals surface area contributed by atoms with Crippen molar-refractivity contribution in [2.75, 3.05) is 37.7 Å². The number of nitriles is 1. The van der Waals surface area contributed by atoms with Crippen LogP contribution < -0.4 is 9.64 Å². The summed E-state index contributed by atoms with van der Waals surface area (Å²) in [5, 5.41) is 9.58. The second-order valence-electron chi connectivity index (χ2n) is 7.80. The number of carbonyl (C=O) groups is 1. The van der Waals surface area contributed by atoms with Crippen LogP contribution in [-0.2, 0) is 0 Å². The average molecular weight is 431 g/mol. The molecular weight excluding hydrogens is 404 g/mol. The van der Waals surface area contributed by atoms with Crippen molar-refractivity contribution < 1.29 is 13.9 Å². The number of amides is 1. The van der Waals surface area contributed by atoms with Crippen LogP contribution in [0.2, 0.25) is 0 Å². The van der Waals surface area contributed by atoms with Gasteiger partial charge in [0.25, 0.3) is 5.91 Å². The topological polar surface area (TPSA) is 82.6 Å². The van der Waals surface area contributed by atoms with Crippen molar-refractivity contribution in [1.82, 2.24) is 9.88 Å². The van der Waals surface area contributed by atoms with Crippen molar-refractivity contribution in [3.8, 4) is 23.3 Å². The van der Waals surface area contributed by atoms with Gasteiger partial charge < -0.3 is 19.0 Å². The highest BCUT2D eigenvalue weighted by molar-refractivity contribution is 5.94. The van der Waals surface area contributed by atoms with Crippen molar-refractivity contribution >= 4 is 11.8 Å². The molecule has 32 heavy (non-hydrogen) atoms. The molecule has 0 saturated carbocycles. The van der Waals surface area contributed by atoms with E-state index in [-0.39, 0.29) is 11.6 Å². The maximum Gasteiger partial charge on any atom is 0.253 e. The molecule has 1 aromatic heterocycles. The van der Waals surface area contributed by atoms with E-state index in [1.165, 1.54) is 0 Å². The van der Waals surface area contributed by atoms with E-state index in [9.17, 15) is 10.1 Å². The van der Waals surface area contributed by atoms with Crippen LogP contribution in [0.25, 0.3) is 11.5 Å². The molecule has 164 valence electrons. The summed E-state index contributed by atoms with van der Waals surface area (Å²) in [4.78, 5) is 21.0. The second kappa shape index (κ2) is 9.56. The molecule has 0 spiro atoms. The summed E-state index contributed by atoms with van der Waals surface area (Å²) in [5.74, 6) is 1.67. The van der Waals surface area contributed by atoms with Crippen molar-refractivity contribution in [3.05, 3.63) is 65.4 Å². The Morgan fingerprint density at radius 2 is 1.78 bits per heavy atom. The van der Waals surface area contributed by atoms with Crippen LogP contribution in [-0.4, -0.2) is 48.6 Å². The van der Waals surface area contributed by atoms with Gasteiger partial charge in [-0.3, -0.25) is 4.79 Å². The summed E-state index contributed by atoms with van der Waals surface area (Å²) >= 11 is 0. The lowest BCUT2D eigenvalue weighted by atomic mass is 10.1. The molecule has 0 unspecified atom stereocenters. The van der Waals surface area contributed by atoms with E-state index in [4.69, 9.17) is 9.15 Å². The highest BCUT2D eigenvalue weighted by Gasteiger charge is 2.27. The molecule has 7 heteroatoms. The van der Waals surface area contributed by atoms with Crippen LogP contribution in [0, 0.1) is 18.3 Å². The van der Waals surface area contributed by atoms with Gasteiger partial charge in [-0.25, -0.2) is 0 Å². The molecule has 3 aromatic rings. The minimum absolute atomic E-state index is 0.0220. The average Bonchev–Trinajstić information content (AvgIpc) is 3.28. The molecule has 0 atom stereocenters. The molecule has 1 saturated heterocycles. The fourth-order valence-corrected chi connectivity index (χ4v) is 3.63. The smallest absolute Gasteiger partial charge is 0.253 e. The lowest BCUT2D eigenvalue weighted by Crippen LogP contribution is -2.48. The minimum Gasteiger partial charge on any atom is -0.494 e. The Kier molecular flexibility index (Phi) is 6.41. The van der Waals surface area contributed by atoms with E-state index < -0.39 is 0 Å². The molecule has 0 radical (unpaired) electrons. The highest BCUT2D eigenvalue weighted by atomic mass is 16.5. The van der Waals surface area contributed by atoms with Crippen LogP contribution in [0.3, 0.4) is 0 Å². The Morgan fingerprint density at radius 1 is 1.09 bits per heavy atom. The molecule has 1 fully saturated rings. The van der Waals surface area contributed by atoms with Gasteiger partial charge in [-0.05, 0) is 49.7 Å². The van der Waals surface area contributed by atoms with Crippen LogP contribution in [0.5, 0.6) is 5.75 Å². The fraction of sp³-hybridized carbons (Fsp3) is 0.320. The first-order chi connectivity index (χ1) is 15.6. The molecule has 2 aromatic carbocycles. The first-order valence-electron chi connectivity index (χ1n) is 10.8. The normalized spacial score (nSPS) is 13.7. The first-order valence-corrected chi connectivity index (χ1v) is 10.8. The third kappa shape index (κ3) is 4.59. The molecule has 1 amide bonds. The van der Waals surface area contributed by atoms with Crippen molar-refractivity contribution in [2.24, 2.45) is 0 Å². The van der Waals surface area contributed by atoms with E-state index in [0.717, 1.165) is 23.3 Å². The number of benzene rings is 2. The maximum atomic E-state index is 12.8. The summed E-state index contributed by atoms with van der Waals surface area (Å²) in [6.07, 6.45) is 0.945. The molecule has 7 nitrogen and oxygen atoms in total. The minimum atomic E-state index is 0.0220. The number of piperazine rings is 1. The zero-order valence-electron chi connectivity index (χ0n) is 18.4. The number of ether oxygens (including phenoxy) is 1. The van der Waals surface area contributed by atoms with Crippen molar-refractivity contribution in [1.29, 1.82) is 5.26 Å². The van der Waals surface area contributed by atoms with Crippen LogP contribution in [0.15, 0.2) is 52.9 Å². The number of anilines is 1. The van der Waals surface area contributed by atoms with Gasteiger partial charge in [0.15, 0.2) is 0 Å². The van der Waals surface area contributed by atoms with Gasteiger partial charge in [-0.2, -0.15) is 10.2 Å². The summed E-state index contributed by atoms with van der Waals surface area (Å²) in [7, 11) is 0. The number of aromatic nitrogens is 1. The van der Waals surface area contributed by atoms with E-state index >= 15 is 0 Å². The largest absolute Gasteiger partial charge is 0.494 e. The maximum absolute atomic E-state index is 12.8. The van der Waals surface area contributed by atoms with E-state index in [1.807, 2.05) is 65.3 Å². The number of carbonyl (C=O) groups excluding carboxylic acids is 1. The number of oxazole rings is 1. The molecule has 0 aliphatic carbocycles. The van der Waals surface area contributed by atoms with Crippen molar-refractivity contribution in [2.45, 2.75) is 20.3 Å². The monoisotopic (exact) mass is 430 g/mol. The van der Waals surface area contributed by atoms with Gasteiger partial charge in [-0.15, -0.1) is 0 Å². The molecule has 2 heterocycles. The second-order valence-corrected chi connectivity index (χ2v) is 7.80. The Balaban J connectivity index is 1.44. The van der Waals surface area contributed by atoms with Gasteiger partial charge in [0.2, 0.25) is 17.5 Å². The standard InChI is InChI=1S/C25H26N4O3/c1-3-16-31-21-10-8-19(9-11-21)23-27-22(17-26)25(32-23)29-14-12-28(13-15-29)24(30)20-6-4-18(2)5-7-20/h4-11H,3,12-16H2,1-2H3. The summed E-state index contributed by atoms with van der Waals surface area (Å²) in [5.41, 5.74) is 2.85. The number of hydrogen-bond donors (Lipinski definition) is 0. The summed E-state index contributed by atoms with van der Waals surface area (Å²) in [6, 6.07) is 17.2. The lowest BCUT2D eigenvalue weighted by Gasteiger charge is -2.34. The summed E-state index contributed by atoms with van der Waals surface area (Å²) in [6.45, 7) is 6.98. The predicted molar refractivity (Wildman–Crippen MR) is 122 cm³/mol. The van der Waals surface area contributed by atoms with E-state index in [1.54, 1.807) is 0 Å². The van der Waals surface area contributed by atoms with Crippen molar-refractivity contribution in [3.63, 3.8) is 0 Å².